The third-order valence-corrected chi connectivity index (χ3v) is 8.25. The highest BCUT2D eigenvalue weighted by atomic mass is 16.2. The van der Waals surface area contributed by atoms with Gasteiger partial charge < -0.3 is 15.5 Å². The van der Waals surface area contributed by atoms with Crippen LogP contribution in [0.2, 0.25) is 0 Å². The monoisotopic (exact) mass is 458 g/mol. The fraction of sp³-hybridized carbons (Fsp3) is 0.481. The standard InChI is InChI=1S/C27H30N4O3/c1-26(2)10-9-21(16-5-6-16)31(25(26)34)15-22(32)29-19-8-7-17-13-27(14-18(17)12-19)20-4-3-11-28-23(20)30-24(27)33/h3-4,7-8,11-12,16,21H,5-6,9-10,13-15H2,1-2H3,(H,29,32)(H,28,30,33)/t21-,27?/m1/s1. The van der Waals surface area contributed by atoms with Gasteiger partial charge in [0.25, 0.3) is 0 Å². The van der Waals surface area contributed by atoms with Gasteiger partial charge in [0, 0.05) is 28.9 Å². The second-order valence-corrected chi connectivity index (χ2v) is 11.1. The fourth-order valence-electron chi connectivity index (χ4n) is 6.17. The van der Waals surface area contributed by atoms with Crippen LogP contribution in [0.15, 0.2) is 36.5 Å². The molecule has 1 unspecified atom stereocenters. The minimum Gasteiger partial charge on any atom is -0.330 e. The van der Waals surface area contributed by atoms with Crippen molar-refractivity contribution in [1.29, 1.82) is 0 Å². The number of nitrogens with zero attached hydrogens (tertiary/aromatic N) is 2. The van der Waals surface area contributed by atoms with E-state index in [2.05, 4.69) is 15.6 Å². The van der Waals surface area contributed by atoms with E-state index in [0.29, 0.717) is 30.3 Å². The zero-order chi connectivity index (χ0) is 23.7. The maximum atomic E-state index is 13.1. The number of benzene rings is 1. The highest BCUT2D eigenvalue weighted by Gasteiger charge is 2.51. The van der Waals surface area contributed by atoms with Crippen molar-refractivity contribution in [2.75, 3.05) is 17.2 Å². The number of pyridine rings is 1. The second kappa shape index (κ2) is 7.39. The van der Waals surface area contributed by atoms with Crippen LogP contribution in [-0.4, -0.2) is 40.2 Å². The Labute approximate surface area is 199 Å². The van der Waals surface area contributed by atoms with Gasteiger partial charge in [-0.25, -0.2) is 4.98 Å². The Kier molecular flexibility index (Phi) is 4.63. The van der Waals surface area contributed by atoms with Crippen molar-refractivity contribution in [2.24, 2.45) is 11.3 Å². The van der Waals surface area contributed by atoms with Gasteiger partial charge in [0.2, 0.25) is 17.7 Å². The van der Waals surface area contributed by atoms with Crippen molar-refractivity contribution >= 4 is 29.2 Å². The third kappa shape index (κ3) is 3.32. The number of carbonyl (C=O) groups is 3. The van der Waals surface area contributed by atoms with Crippen molar-refractivity contribution in [2.45, 2.75) is 63.8 Å². The number of carbonyl (C=O) groups excluding carboxylic acids is 3. The Morgan fingerprint density at radius 3 is 2.74 bits per heavy atom. The first kappa shape index (κ1) is 21.3. The molecule has 0 bridgehead atoms. The van der Waals surface area contributed by atoms with Crippen LogP contribution in [0.5, 0.6) is 0 Å². The maximum Gasteiger partial charge on any atom is 0.244 e. The van der Waals surface area contributed by atoms with Gasteiger partial charge >= 0.3 is 0 Å². The number of likely N-dealkylation sites (tertiary alicyclic amines) is 1. The highest BCUT2D eigenvalue weighted by Crippen LogP contribution is 2.47. The predicted molar refractivity (Wildman–Crippen MR) is 128 cm³/mol. The number of amides is 3. The smallest absolute Gasteiger partial charge is 0.244 e. The summed E-state index contributed by atoms with van der Waals surface area (Å²) in [6.45, 7) is 4.05. The van der Waals surface area contributed by atoms with Crippen molar-refractivity contribution in [3.05, 3.63) is 53.2 Å². The summed E-state index contributed by atoms with van der Waals surface area (Å²) < 4.78 is 0. The molecule has 1 aromatic carbocycles. The minimum absolute atomic E-state index is 0.0136. The van der Waals surface area contributed by atoms with Gasteiger partial charge in [-0.2, -0.15) is 0 Å². The Hall–Kier alpha value is -3.22. The van der Waals surface area contributed by atoms with Crippen molar-refractivity contribution in [3.63, 3.8) is 0 Å². The molecule has 4 aliphatic rings. The van der Waals surface area contributed by atoms with Crippen molar-refractivity contribution in [1.82, 2.24) is 9.88 Å². The molecule has 2 aliphatic carbocycles. The molecule has 7 heteroatoms. The molecule has 2 fully saturated rings. The molecule has 2 atom stereocenters. The van der Waals surface area contributed by atoms with Crippen LogP contribution in [0.4, 0.5) is 11.5 Å². The van der Waals surface area contributed by atoms with E-state index < -0.39 is 10.8 Å². The lowest BCUT2D eigenvalue weighted by Gasteiger charge is -2.43. The molecule has 7 nitrogen and oxygen atoms in total. The van der Waals surface area contributed by atoms with E-state index in [0.717, 1.165) is 42.4 Å². The van der Waals surface area contributed by atoms with Crippen LogP contribution >= 0.6 is 0 Å². The minimum atomic E-state index is -0.627. The molecule has 3 amide bonds. The Morgan fingerprint density at radius 1 is 1.15 bits per heavy atom. The second-order valence-electron chi connectivity index (χ2n) is 11.1. The number of anilines is 2. The van der Waals surface area contributed by atoms with Crippen LogP contribution in [0.1, 0.15) is 56.2 Å². The predicted octanol–water partition coefficient (Wildman–Crippen LogP) is 3.44. The summed E-state index contributed by atoms with van der Waals surface area (Å²) in [6, 6.07) is 9.90. The molecule has 1 spiro atoms. The summed E-state index contributed by atoms with van der Waals surface area (Å²) >= 11 is 0. The molecule has 176 valence electrons. The zero-order valence-electron chi connectivity index (χ0n) is 19.7. The molecule has 2 aromatic rings. The Morgan fingerprint density at radius 2 is 1.94 bits per heavy atom. The molecule has 2 aliphatic heterocycles. The molecule has 34 heavy (non-hydrogen) atoms. The lowest BCUT2D eigenvalue weighted by atomic mass is 9.79. The average molecular weight is 459 g/mol. The Balaban J connectivity index is 1.19. The van der Waals surface area contributed by atoms with Gasteiger partial charge in [0.15, 0.2) is 0 Å². The molecule has 3 heterocycles. The van der Waals surface area contributed by atoms with E-state index in [-0.39, 0.29) is 30.3 Å². The van der Waals surface area contributed by atoms with Gasteiger partial charge in [-0.1, -0.05) is 26.0 Å². The SMILES string of the molecule is CC1(C)CC[C@H](C2CC2)N(CC(=O)Nc2ccc3c(c2)CC2(C3)C(=O)Nc3ncccc32)C1=O. The molecule has 2 N–H and O–H groups in total. The molecule has 6 rings (SSSR count). The number of rotatable bonds is 4. The fourth-order valence-corrected chi connectivity index (χ4v) is 6.17. The van der Waals surface area contributed by atoms with Crippen LogP contribution in [0.3, 0.4) is 0 Å². The Bertz CT molecular complexity index is 1220. The van der Waals surface area contributed by atoms with Crippen molar-refractivity contribution < 1.29 is 14.4 Å². The number of aromatic nitrogens is 1. The highest BCUT2D eigenvalue weighted by molar-refractivity contribution is 6.06. The van der Waals surface area contributed by atoms with E-state index in [1.165, 1.54) is 0 Å². The number of hydrogen-bond donors (Lipinski definition) is 2. The maximum absolute atomic E-state index is 13.1. The average Bonchev–Trinajstić information content (AvgIpc) is 3.51. The number of nitrogens with one attached hydrogen (secondary N) is 2. The van der Waals surface area contributed by atoms with Crippen LogP contribution in [0.25, 0.3) is 0 Å². The van der Waals surface area contributed by atoms with E-state index in [1.54, 1.807) is 6.20 Å². The number of piperidine rings is 1. The van der Waals surface area contributed by atoms with E-state index in [9.17, 15) is 14.4 Å². The first-order valence-electron chi connectivity index (χ1n) is 12.3. The molecule has 1 saturated carbocycles. The summed E-state index contributed by atoms with van der Waals surface area (Å²) in [4.78, 5) is 45.2. The third-order valence-electron chi connectivity index (χ3n) is 8.25. The van der Waals surface area contributed by atoms with Crippen molar-refractivity contribution in [3.8, 4) is 0 Å². The molecule has 0 radical (unpaired) electrons. The van der Waals surface area contributed by atoms with E-state index in [4.69, 9.17) is 0 Å². The lowest BCUT2D eigenvalue weighted by molar-refractivity contribution is -0.150. The van der Waals surface area contributed by atoms with E-state index in [1.807, 2.05) is 49.1 Å². The zero-order valence-corrected chi connectivity index (χ0v) is 19.7. The first-order valence-corrected chi connectivity index (χ1v) is 12.3. The summed E-state index contributed by atoms with van der Waals surface area (Å²) in [7, 11) is 0. The van der Waals surface area contributed by atoms with Crippen LogP contribution in [0, 0.1) is 11.3 Å². The molecular weight excluding hydrogens is 428 g/mol. The summed E-state index contributed by atoms with van der Waals surface area (Å²) in [6.07, 6.45) is 7.04. The molecular formula is C27H30N4O3. The lowest BCUT2D eigenvalue weighted by Crippen LogP contribution is -2.54. The largest absolute Gasteiger partial charge is 0.330 e. The van der Waals surface area contributed by atoms with E-state index >= 15 is 0 Å². The quantitative estimate of drug-likeness (QED) is 0.734. The van der Waals surface area contributed by atoms with Crippen LogP contribution in [-0.2, 0) is 32.6 Å². The summed E-state index contributed by atoms with van der Waals surface area (Å²) in [5, 5.41) is 5.94. The first-order chi connectivity index (χ1) is 16.3. The van der Waals surface area contributed by atoms with Crippen LogP contribution < -0.4 is 10.6 Å². The van der Waals surface area contributed by atoms with Gasteiger partial charge in [-0.15, -0.1) is 0 Å². The van der Waals surface area contributed by atoms with Gasteiger partial charge in [-0.05, 0) is 73.8 Å². The summed E-state index contributed by atoms with van der Waals surface area (Å²) in [5.41, 5.74) is 2.79. The van der Waals surface area contributed by atoms with Gasteiger partial charge in [-0.3, -0.25) is 14.4 Å². The number of hydrogen-bond acceptors (Lipinski definition) is 4. The summed E-state index contributed by atoms with van der Waals surface area (Å²) in [5.74, 6) is 1.09. The van der Waals surface area contributed by atoms with Gasteiger partial charge in [0.1, 0.15) is 12.4 Å². The number of fused-ring (bicyclic) bond motifs is 3. The van der Waals surface area contributed by atoms with Gasteiger partial charge in [0.05, 0.1) is 5.41 Å². The normalized spacial score (nSPS) is 26.9. The molecule has 1 aromatic heterocycles. The topological polar surface area (TPSA) is 91.4 Å². The molecule has 1 saturated heterocycles.